The Morgan fingerprint density at radius 2 is 1.73 bits per heavy atom. The third kappa shape index (κ3) is 9.02. The van der Waals surface area contributed by atoms with Crippen LogP contribution in [0.1, 0.15) is 32.3 Å². The predicted octanol–water partition coefficient (Wildman–Crippen LogP) is 2.69. The summed E-state index contributed by atoms with van der Waals surface area (Å²) in [6.07, 6.45) is 2.96. The Morgan fingerprint density at radius 3 is 2.31 bits per heavy atom. The van der Waals surface area contributed by atoms with Crippen LogP contribution in [0.3, 0.4) is 0 Å². The molecule has 1 aromatic rings. The molecule has 1 heterocycles. The van der Waals surface area contributed by atoms with Crippen molar-refractivity contribution in [1.82, 2.24) is 14.9 Å². The average Bonchev–Trinajstić information content (AvgIpc) is 2.58. The molecule has 152 valence electrons. The molecule has 0 unspecified atom stereocenters. The molecule has 0 spiro atoms. The predicted molar refractivity (Wildman–Crippen MR) is 113 cm³/mol. The normalized spacial score (nSPS) is 15.3. The number of nitrogens with one attached hydrogen (secondary N) is 2. The first-order chi connectivity index (χ1) is 11.5. The van der Waals surface area contributed by atoms with Crippen molar-refractivity contribution in [3.05, 3.63) is 29.8 Å². The minimum absolute atomic E-state index is 0. The quantitative estimate of drug-likeness (QED) is 0.596. The highest BCUT2D eigenvalue weighted by molar-refractivity contribution is 7.89. The van der Waals surface area contributed by atoms with Crippen molar-refractivity contribution in [3.8, 4) is 0 Å². The van der Waals surface area contributed by atoms with Crippen molar-refractivity contribution in [2.45, 2.75) is 38.0 Å². The zero-order valence-corrected chi connectivity index (χ0v) is 18.2. The largest absolute Gasteiger partial charge is 0.314 e. The van der Waals surface area contributed by atoms with Crippen molar-refractivity contribution in [1.29, 1.82) is 0 Å². The van der Waals surface area contributed by atoms with Gasteiger partial charge in [0.1, 0.15) is 0 Å². The molecule has 1 fully saturated rings. The summed E-state index contributed by atoms with van der Waals surface area (Å²) in [6, 6.07) is 7.29. The SMILES string of the molecule is CC(C)CCc1ccc(S(=O)(=O)NCCCN2CCNCC2)cc1.Cl.Cl. The van der Waals surface area contributed by atoms with Gasteiger partial charge in [0.2, 0.25) is 10.0 Å². The summed E-state index contributed by atoms with van der Waals surface area (Å²) < 4.78 is 27.4. The van der Waals surface area contributed by atoms with E-state index >= 15 is 0 Å². The zero-order valence-electron chi connectivity index (χ0n) is 15.7. The molecule has 0 bridgehead atoms. The molecule has 26 heavy (non-hydrogen) atoms. The van der Waals surface area contributed by atoms with Gasteiger partial charge in [0, 0.05) is 32.7 Å². The molecule has 1 aliphatic rings. The van der Waals surface area contributed by atoms with Crippen LogP contribution in [0.2, 0.25) is 0 Å². The van der Waals surface area contributed by atoms with Gasteiger partial charge >= 0.3 is 0 Å². The number of hydrogen-bond acceptors (Lipinski definition) is 4. The van der Waals surface area contributed by atoms with Crippen molar-refractivity contribution in [2.75, 3.05) is 39.3 Å². The number of benzene rings is 1. The summed E-state index contributed by atoms with van der Waals surface area (Å²) in [6.45, 7) is 9.96. The Kier molecular flexibility index (Phi) is 12.7. The van der Waals surface area contributed by atoms with Crippen molar-refractivity contribution >= 4 is 34.8 Å². The van der Waals surface area contributed by atoms with Gasteiger partial charge in [-0.05, 0) is 49.4 Å². The highest BCUT2D eigenvalue weighted by Gasteiger charge is 2.14. The lowest BCUT2D eigenvalue weighted by Crippen LogP contribution is -2.44. The second-order valence-electron chi connectivity index (χ2n) is 6.92. The van der Waals surface area contributed by atoms with E-state index in [1.165, 1.54) is 5.56 Å². The highest BCUT2D eigenvalue weighted by atomic mass is 35.5. The third-order valence-corrected chi connectivity index (χ3v) is 5.87. The lowest BCUT2D eigenvalue weighted by Gasteiger charge is -2.27. The van der Waals surface area contributed by atoms with E-state index in [4.69, 9.17) is 0 Å². The minimum Gasteiger partial charge on any atom is -0.314 e. The molecule has 0 radical (unpaired) electrons. The fraction of sp³-hybridized carbons (Fsp3) is 0.667. The molecule has 0 amide bonds. The molecule has 8 heteroatoms. The van der Waals surface area contributed by atoms with E-state index in [1.807, 2.05) is 12.1 Å². The Labute approximate surface area is 171 Å². The van der Waals surface area contributed by atoms with E-state index in [0.29, 0.717) is 17.4 Å². The maximum Gasteiger partial charge on any atom is 0.240 e. The number of sulfonamides is 1. The molecular formula is C18H33Cl2N3O2S. The van der Waals surface area contributed by atoms with Gasteiger partial charge in [0.15, 0.2) is 0 Å². The van der Waals surface area contributed by atoms with Crippen LogP contribution < -0.4 is 10.0 Å². The van der Waals surface area contributed by atoms with Gasteiger partial charge in [0.25, 0.3) is 0 Å². The summed E-state index contributed by atoms with van der Waals surface area (Å²) in [7, 11) is -3.39. The smallest absolute Gasteiger partial charge is 0.240 e. The fourth-order valence-electron chi connectivity index (χ4n) is 2.82. The van der Waals surface area contributed by atoms with Crippen LogP contribution in [0.5, 0.6) is 0 Å². The Hall–Kier alpha value is -0.370. The van der Waals surface area contributed by atoms with Crippen molar-refractivity contribution in [3.63, 3.8) is 0 Å². The van der Waals surface area contributed by atoms with E-state index in [1.54, 1.807) is 12.1 Å². The standard InChI is InChI=1S/C18H31N3O2S.2ClH/c1-16(2)4-5-17-6-8-18(9-7-17)24(22,23)20-10-3-13-21-14-11-19-12-15-21;;/h6-9,16,19-20H,3-5,10-15H2,1-2H3;2*1H. The van der Waals surface area contributed by atoms with Gasteiger partial charge in [-0.3, -0.25) is 0 Å². The molecule has 1 aliphatic heterocycles. The third-order valence-electron chi connectivity index (χ3n) is 4.40. The second-order valence-corrected chi connectivity index (χ2v) is 8.69. The van der Waals surface area contributed by atoms with E-state index in [2.05, 4.69) is 28.8 Å². The molecule has 2 N–H and O–H groups in total. The summed E-state index contributed by atoms with van der Waals surface area (Å²) >= 11 is 0. The van der Waals surface area contributed by atoms with Crippen LogP contribution in [-0.2, 0) is 16.4 Å². The second kappa shape index (κ2) is 12.9. The number of halogens is 2. The lowest BCUT2D eigenvalue weighted by atomic mass is 10.0. The molecule has 0 atom stereocenters. The summed E-state index contributed by atoms with van der Waals surface area (Å²) in [5.74, 6) is 0.658. The average molecular weight is 426 g/mol. The maximum absolute atomic E-state index is 12.3. The van der Waals surface area contributed by atoms with Gasteiger partial charge in [-0.25, -0.2) is 13.1 Å². The zero-order chi connectivity index (χ0) is 17.4. The lowest BCUT2D eigenvalue weighted by molar-refractivity contribution is 0.239. The van der Waals surface area contributed by atoms with Gasteiger partial charge in [-0.2, -0.15) is 0 Å². The number of rotatable bonds is 9. The van der Waals surface area contributed by atoms with Crippen LogP contribution in [0.25, 0.3) is 0 Å². The Bertz CT molecular complexity index is 589. The first-order valence-corrected chi connectivity index (χ1v) is 10.5. The number of aryl methyl sites for hydroxylation is 1. The van der Waals surface area contributed by atoms with E-state index in [9.17, 15) is 8.42 Å². The number of hydrogen-bond donors (Lipinski definition) is 2. The van der Waals surface area contributed by atoms with Crippen molar-refractivity contribution in [2.24, 2.45) is 5.92 Å². The van der Waals surface area contributed by atoms with Crippen LogP contribution >= 0.6 is 24.8 Å². The van der Waals surface area contributed by atoms with E-state index in [-0.39, 0.29) is 24.8 Å². The first kappa shape index (κ1) is 25.6. The summed E-state index contributed by atoms with van der Waals surface area (Å²) in [4.78, 5) is 2.73. The van der Waals surface area contributed by atoms with Crippen LogP contribution in [0.4, 0.5) is 0 Å². The maximum atomic E-state index is 12.3. The topological polar surface area (TPSA) is 61.4 Å². The minimum atomic E-state index is -3.39. The molecule has 5 nitrogen and oxygen atoms in total. The molecular weight excluding hydrogens is 393 g/mol. The number of piperazine rings is 1. The van der Waals surface area contributed by atoms with E-state index in [0.717, 1.165) is 52.0 Å². The number of nitrogens with zero attached hydrogens (tertiary/aromatic N) is 1. The first-order valence-electron chi connectivity index (χ1n) is 8.99. The van der Waals surface area contributed by atoms with Gasteiger partial charge in [-0.15, -0.1) is 24.8 Å². The van der Waals surface area contributed by atoms with Gasteiger partial charge in [-0.1, -0.05) is 26.0 Å². The molecule has 1 saturated heterocycles. The molecule has 0 saturated carbocycles. The van der Waals surface area contributed by atoms with E-state index < -0.39 is 10.0 Å². The molecule has 0 aliphatic carbocycles. The summed E-state index contributed by atoms with van der Waals surface area (Å²) in [5, 5.41) is 3.32. The molecule has 1 aromatic carbocycles. The van der Waals surface area contributed by atoms with Crippen molar-refractivity contribution < 1.29 is 8.42 Å². The summed E-state index contributed by atoms with van der Waals surface area (Å²) in [5.41, 5.74) is 1.20. The Balaban J connectivity index is 0.00000312. The molecule has 0 aromatic heterocycles. The molecule has 2 rings (SSSR count). The highest BCUT2D eigenvalue weighted by Crippen LogP contribution is 2.13. The van der Waals surface area contributed by atoms with Gasteiger partial charge < -0.3 is 10.2 Å². The van der Waals surface area contributed by atoms with Gasteiger partial charge in [0.05, 0.1) is 4.90 Å². The van der Waals surface area contributed by atoms with Crippen LogP contribution in [0.15, 0.2) is 29.2 Å². The van der Waals surface area contributed by atoms with Crippen LogP contribution in [-0.4, -0.2) is 52.6 Å². The monoisotopic (exact) mass is 425 g/mol. The fourth-order valence-corrected chi connectivity index (χ4v) is 3.89. The van der Waals surface area contributed by atoms with Crippen LogP contribution in [0, 0.1) is 5.92 Å². The Morgan fingerprint density at radius 1 is 1.12 bits per heavy atom.